The molecule has 4 aromatic rings. The highest BCUT2D eigenvalue weighted by atomic mass is 35.5. The second-order valence-electron chi connectivity index (χ2n) is 20.7. The Hall–Kier alpha value is -5.49. The number of carbonyl (C=O) groups excluding carboxylic acids is 4. The number of nitrogens with one attached hydrogen (secondary N) is 3. The van der Waals surface area contributed by atoms with E-state index in [9.17, 15) is 19.2 Å². The van der Waals surface area contributed by atoms with Crippen molar-refractivity contribution in [2.24, 2.45) is 5.41 Å². The molecule has 370 valence electrons. The van der Waals surface area contributed by atoms with Crippen LogP contribution in [0.2, 0.25) is 5.02 Å². The minimum Gasteiger partial charge on any atom is -0.445 e. The fourth-order valence-electron chi connectivity index (χ4n) is 10.8. The molecule has 2 aromatic heterocycles. The number of halogens is 1. The van der Waals surface area contributed by atoms with Gasteiger partial charge in [0.1, 0.15) is 35.5 Å². The summed E-state index contributed by atoms with van der Waals surface area (Å²) in [6.45, 7) is 14.0. The summed E-state index contributed by atoms with van der Waals surface area (Å²) < 4.78 is 17.9. The number of piperidine rings is 1. The highest BCUT2D eigenvalue weighted by Gasteiger charge is 2.55. The van der Waals surface area contributed by atoms with Gasteiger partial charge in [-0.15, -0.1) is 0 Å². The Morgan fingerprint density at radius 3 is 2.16 bits per heavy atom. The minimum atomic E-state index is -1.24. The van der Waals surface area contributed by atoms with Gasteiger partial charge < -0.3 is 44.5 Å². The van der Waals surface area contributed by atoms with E-state index in [0.29, 0.717) is 76.7 Å². The number of aromatic amines is 1. The van der Waals surface area contributed by atoms with Gasteiger partial charge >= 0.3 is 12.2 Å². The number of fused-ring (bicyclic) bond motifs is 4. The summed E-state index contributed by atoms with van der Waals surface area (Å²) in [7, 11) is 0. The molecule has 5 saturated heterocycles. The molecule has 17 nitrogen and oxygen atoms in total. The Balaban J connectivity index is 0.771. The van der Waals surface area contributed by atoms with Gasteiger partial charge in [-0.05, 0) is 95.0 Å². The Bertz CT molecular complexity index is 2400. The van der Waals surface area contributed by atoms with Crippen molar-refractivity contribution in [1.82, 2.24) is 45.2 Å². The van der Waals surface area contributed by atoms with Crippen LogP contribution in [0, 0.1) is 5.41 Å². The van der Waals surface area contributed by atoms with Gasteiger partial charge in [-0.1, -0.05) is 54.1 Å². The second kappa shape index (κ2) is 20.5. The van der Waals surface area contributed by atoms with Crippen molar-refractivity contribution in [3.05, 3.63) is 89.3 Å². The number of carbonyl (C=O) groups is 4. The van der Waals surface area contributed by atoms with Crippen LogP contribution in [-0.4, -0.2) is 160 Å². The van der Waals surface area contributed by atoms with Gasteiger partial charge in [-0.2, -0.15) is 0 Å². The van der Waals surface area contributed by atoms with Crippen LogP contribution >= 0.6 is 11.6 Å². The molecule has 2 bridgehead atoms. The molecular weight excluding hydrogens is 900 g/mol. The molecule has 1 atom stereocenters. The second-order valence-corrected chi connectivity index (χ2v) is 21.1. The maximum Gasteiger partial charge on any atom is 0.410 e. The fraction of sp³-hybridized carbons (Fsp3) is 0.569. The maximum absolute atomic E-state index is 14.7. The van der Waals surface area contributed by atoms with Crippen molar-refractivity contribution in [3.8, 4) is 0 Å². The summed E-state index contributed by atoms with van der Waals surface area (Å²) in [5.41, 5.74) is -0.122. The number of hydrogen-bond acceptors (Lipinski definition) is 12. The molecule has 0 radical (unpaired) electrons. The first-order valence-electron chi connectivity index (χ1n) is 24.6. The summed E-state index contributed by atoms with van der Waals surface area (Å²) in [5, 5.41) is 7.86. The molecule has 0 spiro atoms. The van der Waals surface area contributed by atoms with E-state index in [1.165, 1.54) is 6.33 Å². The lowest BCUT2D eigenvalue weighted by Crippen LogP contribution is -2.64. The van der Waals surface area contributed by atoms with Crippen molar-refractivity contribution in [2.45, 2.75) is 95.1 Å². The van der Waals surface area contributed by atoms with Crippen molar-refractivity contribution >= 4 is 52.5 Å². The number of anilines is 1. The molecule has 10 rings (SSSR count). The van der Waals surface area contributed by atoms with Crippen molar-refractivity contribution < 1.29 is 33.4 Å². The van der Waals surface area contributed by atoms with Crippen molar-refractivity contribution in [1.29, 1.82) is 0 Å². The first-order valence-corrected chi connectivity index (χ1v) is 25.0. The molecule has 18 heteroatoms. The Kier molecular flexibility index (Phi) is 14.4. The van der Waals surface area contributed by atoms with Gasteiger partial charge in [0, 0.05) is 89.8 Å². The molecule has 2 aromatic carbocycles. The van der Waals surface area contributed by atoms with E-state index in [4.69, 9.17) is 25.8 Å². The highest BCUT2D eigenvalue weighted by Crippen LogP contribution is 2.50. The number of rotatable bonds is 13. The summed E-state index contributed by atoms with van der Waals surface area (Å²) in [6.07, 6.45) is 7.05. The molecular formula is C51H67ClN10O7. The maximum atomic E-state index is 14.7. The average Bonchev–Trinajstić information content (AvgIpc) is 3.85. The van der Waals surface area contributed by atoms with Crippen LogP contribution in [0.4, 0.5) is 15.4 Å². The minimum absolute atomic E-state index is 0.204. The number of benzene rings is 2. The topological polar surface area (TPSA) is 178 Å². The van der Waals surface area contributed by atoms with Crippen LogP contribution < -0.4 is 15.5 Å². The Morgan fingerprint density at radius 1 is 0.812 bits per heavy atom. The van der Waals surface area contributed by atoms with Crippen LogP contribution in [0.3, 0.4) is 0 Å². The third-order valence-corrected chi connectivity index (χ3v) is 15.2. The number of piperazine rings is 2. The predicted octanol–water partition coefficient (Wildman–Crippen LogP) is 6.15. The quantitative estimate of drug-likeness (QED) is 0.140. The van der Waals surface area contributed by atoms with Gasteiger partial charge in [0.05, 0.1) is 29.1 Å². The van der Waals surface area contributed by atoms with Gasteiger partial charge in [0.25, 0.3) is 0 Å². The zero-order valence-corrected chi connectivity index (χ0v) is 41.0. The standard InChI is InChI=1S/C51H67ClN10O7/c1-48(2,3)69-46(65)57-51(19-23-60(24-20-51)43-40-13-21-53-42(40)54-36-55-43)44(63)56-41(38-9-11-39(52)12-10-38)14-22-58-25-29-61(30-26-58)45(64)49-15-17-50(18-16-49,68-35-49)34-59-27-31-62(32-28-59)47(66)67-33-37-7-5-4-6-8-37/h4-13,21,36,41H,14-20,22-35H2,1-3H3,(H,56,63)(H,57,65)(H,53,54,55)/t41-,49?,50?/m0/s1. The van der Waals surface area contributed by atoms with E-state index in [1.54, 1.807) is 25.7 Å². The Morgan fingerprint density at radius 2 is 1.49 bits per heavy atom. The predicted molar refractivity (Wildman–Crippen MR) is 262 cm³/mol. The summed E-state index contributed by atoms with van der Waals surface area (Å²) in [6, 6.07) is 18.8. The Labute approximate surface area is 409 Å². The number of ether oxygens (including phenoxy) is 3. The largest absolute Gasteiger partial charge is 0.445 e. The molecule has 1 aliphatic carbocycles. The summed E-state index contributed by atoms with van der Waals surface area (Å²) >= 11 is 6.34. The number of alkyl carbamates (subject to hydrolysis) is 1. The molecule has 7 heterocycles. The van der Waals surface area contributed by atoms with Gasteiger partial charge in [0.15, 0.2) is 0 Å². The monoisotopic (exact) mass is 966 g/mol. The highest BCUT2D eigenvalue weighted by molar-refractivity contribution is 6.30. The molecule has 69 heavy (non-hydrogen) atoms. The van der Waals surface area contributed by atoms with Crippen molar-refractivity contribution in [2.75, 3.05) is 90.0 Å². The zero-order valence-electron chi connectivity index (χ0n) is 40.2. The fourth-order valence-corrected chi connectivity index (χ4v) is 10.9. The van der Waals surface area contributed by atoms with Gasteiger partial charge in [-0.3, -0.25) is 19.4 Å². The number of hydrogen-bond donors (Lipinski definition) is 3. The van der Waals surface area contributed by atoms with Gasteiger partial charge in [-0.25, -0.2) is 19.6 Å². The normalized spacial score (nSPS) is 23.6. The first kappa shape index (κ1) is 48.5. The first-order chi connectivity index (χ1) is 33.2. The lowest BCUT2D eigenvalue weighted by molar-refractivity contribution is -0.203. The van der Waals surface area contributed by atoms with Crippen molar-refractivity contribution in [3.63, 3.8) is 0 Å². The van der Waals surface area contributed by atoms with E-state index in [2.05, 4.69) is 40.3 Å². The van der Waals surface area contributed by atoms with E-state index >= 15 is 0 Å². The smallest absolute Gasteiger partial charge is 0.410 e. The molecule has 6 aliphatic rings. The number of H-pyrrole nitrogens is 1. The van der Waals surface area contributed by atoms with Crippen LogP contribution in [0.15, 0.2) is 73.2 Å². The number of amides is 4. The molecule has 3 N–H and O–H groups in total. The third-order valence-electron chi connectivity index (χ3n) is 15.0. The van der Waals surface area contributed by atoms with E-state index in [-0.39, 0.29) is 36.2 Å². The lowest BCUT2D eigenvalue weighted by atomic mass is 9.65. The summed E-state index contributed by atoms with van der Waals surface area (Å²) in [4.78, 5) is 78.0. The molecule has 5 aliphatic heterocycles. The van der Waals surface area contributed by atoms with Crippen LogP contribution in [0.1, 0.15) is 82.9 Å². The lowest BCUT2D eigenvalue weighted by Gasteiger charge is -2.55. The van der Waals surface area contributed by atoms with Crippen LogP contribution in [-0.2, 0) is 30.4 Å². The summed E-state index contributed by atoms with van der Waals surface area (Å²) in [5.74, 6) is 0.706. The number of aromatic nitrogens is 3. The van der Waals surface area contributed by atoms with E-state index < -0.39 is 22.6 Å². The van der Waals surface area contributed by atoms with E-state index in [0.717, 1.165) is 86.4 Å². The molecule has 6 fully saturated rings. The van der Waals surface area contributed by atoms with E-state index in [1.807, 2.05) is 71.8 Å². The number of nitrogens with zero attached hydrogens (tertiary/aromatic N) is 7. The average molecular weight is 968 g/mol. The van der Waals surface area contributed by atoms with Crippen LogP contribution in [0.5, 0.6) is 0 Å². The molecule has 4 amide bonds. The van der Waals surface area contributed by atoms with Gasteiger partial charge in [0.2, 0.25) is 11.8 Å². The molecule has 0 unspecified atom stereocenters. The third kappa shape index (κ3) is 11.3. The zero-order chi connectivity index (χ0) is 48.2. The molecule has 1 saturated carbocycles. The SMILES string of the molecule is CC(C)(C)OC(=O)NC1(C(=O)N[C@@H](CCN2CCN(C(=O)C34CCC(CN5CCN(C(=O)OCc6ccccc6)CC5)(CC3)OC4)CC2)c2ccc(Cl)cc2)CCN(c2ncnc3[nH]ccc23)CC1. The van der Waals surface area contributed by atoms with Crippen LogP contribution in [0.25, 0.3) is 11.0 Å².